The van der Waals surface area contributed by atoms with E-state index in [2.05, 4.69) is 0 Å². The molecule has 72 valence electrons. The largest absolute Gasteiger partial charge is 0.326 e. The minimum absolute atomic E-state index is 0.0129. The average molecular weight is 180 g/mol. The summed E-state index contributed by atoms with van der Waals surface area (Å²) in [5.41, 5.74) is 5.87. The third-order valence-corrected chi connectivity index (χ3v) is 2.38. The smallest absolute Gasteiger partial charge is 0.250 e. The van der Waals surface area contributed by atoms with E-state index in [-0.39, 0.29) is 17.6 Å². The maximum atomic E-state index is 11.4. The number of hydrogen-bond donors (Lipinski definition) is 1. The van der Waals surface area contributed by atoms with Crippen molar-refractivity contribution < 1.29 is 0 Å². The van der Waals surface area contributed by atoms with Crippen molar-refractivity contribution in [3.8, 4) is 0 Å². The molecule has 1 rings (SSSR count). The van der Waals surface area contributed by atoms with Crippen LogP contribution in [0.2, 0.25) is 0 Å². The van der Waals surface area contributed by atoms with Crippen LogP contribution in [-0.4, -0.2) is 10.6 Å². The van der Waals surface area contributed by atoms with Crippen LogP contribution >= 0.6 is 0 Å². The maximum Gasteiger partial charge on any atom is 0.250 e. The Morgan fingerprint density at radius 1 is 1.54 bits per heavy atom. The normalized spacial score (nSPS) is 15.3. The summed E-state index contributed by atoms with van der Waals surface area (Å²) in [5, 5.41) is 0. The van der Waals surface area contributed by atoms with Crippen LogP contribution in [0.4, 0.5) is 0 Å². The van der Waals surface area contributed by atoms with Crippen molar-refractivity contribution in [2.24, 2.45) is 5.73 Å². The summed E-state index contributed by atoms with van der Waals surface area (Å²) in [6.07, 6.45) is 2.66. The van der Waals surface area contributed by atoms with Gasteiger partial charge in [0.15, 0.2) is 0 Å². The van der Waals surface area contributed by atoms with Crippen molar-refractivity contribution in [3.63, 3.8) is 0 Å². The Kier molecular flexibility index (Phi) is 3.25. The zero-order valence-electron chi connectivity index (χ0n) is 8.10. The summed E-state index contributed by atoms with van der Waals surface area (Å²) in [5.74, 6) is 0. The van der Waals surface area contributed by atoms with Crippen LogP contribution in [0.25, 0.3) is 0 Å². The van der Waals surface area contributed by atoms with E-state index in [1.165, 1.54) is 0 Å². The topological polar surface area (TPSA) is 48.0 Å². The standard InChI is InChI=1S/C10H16N2O/c1-3-9(11)8(2)12-7-5-4-6-10(12)13/h4-9H,3,11H2,1-2H3. The van der Waals surface area contributed by atoms with Gasteiger partial charge in [0, 0.05) is 24.3 Å². The molecule has 0 aliphatic rings. The van der Waals surface area contributed by atoms with Gasteiger partial charge in [0.05, 0.1) is 0 Å². The van der Waals surface area contributed by atoms with E-state index in [1.807, 2.05) is 19.9 Å². The van der Waals surface area contributed by atoms with Gasteiger partial charge in [-0.15, -0.1) is 0 Å². The predicted octanol–water partition coefficient (Wildman–Crippen LogP) is 1.15. The lowest BCUT2D eigenvalue weighted by molar-refractivity contribution is 0.421. The summed E-state index contributed by atoms with van der Waals surface area (Å²) in [6, 6.07) is 5.25. The first-order chi connectivity index (χ1) is 6.16. The third kappa shape index (κ3) is 2.18. The Bertz CT molecular complexity index is 319. The van der Waals surface area contributed by atoms with Gasteiger partial charge in [-0.2, -0.15) is 0 Å². The van der Waals surface area contributed by atoms with E-state index < -0.39 is 0 Å². The lowest BCUT2D eigenvalue weighted by atomic mass is 10.1. The Morgan fingerprint density at radius 3 is 2.77 bits per heavy atom. The van der Waals surface area contributed by atoms with Crippen LogP contribution in [-0.2, 0) is 0 Å². The van der Waals surface area contributed by atoms with Crippen LogP contribution in [0.5, 0.6) is 0 Å². The lowest BCUT2D eigenvalue weighted by Gasteiger charge is -2.20. The number of nitrogens with two attached hydrogens (primary N) is 1. The molecule has 2 unspecified atom stereocenters. The van der Waals surface area contributed by atoms with Gasteiger partial charge in [-0.25, -0.2) is 0 Å². The van der Waals surface area contributed by atoms with Gasteiger partial charge in [-0.3, -0.25) is 4.79 Å². The highest BCUT2D eigenvalue weighted by atomic mass is 16.1. The number of aromatic nitrogens is 1. The molecule has 3 nitrogen and oxygen atoms in total. The van der Waals surface area contributed by atoms with Gasteiger partial charge in [0.25, 0.3) is 5.56 Å². The van der Waals surface area contributed by atoms with Crippen molar-refractivity contribution in [2.75, 3.05) is 0 Å². The monoisotopic (exact) mass is 180 g/mol. The minimum Gasteiger partial charge on any atom is -0.326 e. The molecule has 0 aliphatic carbocycles. The summed E-state index contributed by atoms with van der Waals surface area (Å²) in [4.78, 5) is 11.4. The van der Waals surface area contributed by atoms with Crippen LogP contribution in [0.15, 0.2) is 29.2 Å². The van der Waals surface area contributed by atoms with E-state index in [4.69, 9.17) is 5.73 Å². The number of pyridine rings is 1. The molecule has 1 aromatic rings. The summed E-state index contributed by atoms with van der Waals surface area (Å²) >= 11 is 0. The average Bonchev–Trinajstić information content (AvgIpc) is 2.16. The second-order valence-corrected chi connectivity index (χ2v) is 3.26. The zero-order valence-corrected chi connectivity index (χ0v) is 8.10. The first-order valence-electron chi connectivity index (χ1n) is 4.59. The third-order valence-electron chi connectivity index (χ3n) is 2.38. The second-order valence-electron chi connectivity index (χ2n) is 3.26. The fraction of sp³-hybridized carbons (Fsp3) is 0.500. The Hall–Kier alpha value is -1.09. The van der Waals surface area contributed by atoms with Crippen LogP contribution in [0, 0.1) is 0 Å². The molecule has 13 heavy (non-hydrogen) atoms. The van der Waals surface area contributed by atoms with E-state index in [1.54, 1.807) is 22.9 Å². The van der Waals surface area contributed by atoms with Gasteiger partial charge in [0.1, 0.15) is 0 Å². The fourth-order valence-electron chi connectivity index (χ4n) is 1.32. The molecule has 0 radical (unpaired) electrons. The molecule has 2 N–H and O–H groups in total. The van der Waals surface area contributed by atoms with Crippen molar-refractivity contribution in [2.45, 2.75) is 32.4 Å². The van der Waals surface area contributed by atoms with Crippen molar-refractivity contribution in [1.82, 2.24) is 4.57 Å². The molecule has 0 saturated carbocycles. The van der Waals surface area contributed by atoms with Gasteiger partial charge < -0.3 is 10.3 Å². The Balaban J connectivity index is 2.95. The first-order valence-corrected chi connectivity index (χ1v) is 4.59. The molecule has 3 heteroatoms. The van der Waals surface area contributed by atoms with Gasteiger partial charge >= 0.3 is 0 Å². The first kappa shape index (κ1) is 9.99. The minimum atomic E-state index is 0.0129. The van der Waals surface area contributed by atoms with Crippen LogP contribution in [0.3, 0.4) is 0 Å². The maximum absolute atomic E-state index is 11.4. The highest BCUT2D eigenvalue weighted by molar-refractivity contribution is 4.95. The molecule has 2 atom stereocenters. The number of nitrogens with zero attached hydrogens (tertiary/aromatic N) is 1. The molecule has 0 amide bonds. The second kappa shape index (κ2) is 4.23. The fourth-order valence-corrected chi connectivity index (χ4v) is 1.32. The molecule has 0 aliphatic heterocycles. The van der Waals surface area contributed by atoms with Crippen LogP contribution < -0.4 is 11.3 Å². The summed E-state index contributed by atoms with van der Waals surface area (Å²) in [6.45, 7) is 3.99. The van der Waals surface area contributed by atoms with Crippen molar-refractivity contribution in [1.29, 1.82) is 0 Å². The number of hydrogen-bond acceptors (Lipinski definition) is 2. The highest BCUT2D eigenvalue weighted by Gasteiger charge is 2.12. The molecule has 1 heterocycles. The van der Waals surface area contributed by atoms with Gasteiger partial charge in [0.2, 0.25) is 0 Å². The van der Waals surface area contributed by atoms with Crippen LogP contribution in [0.1, 0.15) is 26.3 Å². The molecule has 1 aromatic heterocycles. The van der Waals surface area contributed by atoms with E-state index in [0.29, 0.717) is 0 Å². The summed E-state index contributed by atoms with van der Waals surface area (Å²) < 4.78 is 1.67. The molecule has 0 fully saturated rings. The number of rotatable bonds is 3. The lowest BCUT2D eigenvalue weighted by Crippen LogP contribution is -2.34. The van der Waals surface area contributed by atoms with E-state index >= 15 is 0 Å². The zero-order chi connectivity index (χ0) is 9.84. The molecular weight excluding hydrogens is 164 g/mol. The van der Waals surface area contributed by atoms with Crippen molar-refractivity contribution in [3.05, 3.63) is 34.7 Å². The molecule has 0 aromatic carbocycles. The molecule has 0 spiro atoms. The predicted molar refractivity (Wildman–Crippen MR) is 53.7 cm³/mol. The Labute approximate surface area is 78.2 Å². The molecular formula is C10H16N2O. The van der Waals surface area contributed by atoms with Gasteiger partial charge in [-0.1, -0.05) is 13.0 Å². The summed E-state index contributed by atoms with van der Waals surface area (Å²) in [7, 11) is 0. The highest BCUT2D eigenvalue weighted by Crippen LogP contribution is 2.08. The SMILES string of the molecule is CCC(N)C(C)n1ccccc1=O. The quantitative estimate of drug-likeness (QED) is 0.758. The van der Waals surface area contributed by atoms with Gasteiger partial charge in [-0.05, 0) is 19.4 Å². The van der Waals surface area contributed by atoms with Crippen molar-refractivity contribution >= 4 is 0 Å². The molecule has 0 bridgehead atoms. The Morgan fingerprint density at radius 2 is 2.23 bits per heavy atom. The molecule has 0 saturated heterocycles. The van der Waals surface area contributed by atoms with E-state index in [9.17, 15) is 4.79 Å². The van der Waals surface area contributed by atoms with E-state index in [0.717, 1.165) is 6.42 Å².